The van der Waals surface area contributed by atoms with Crippen molar-refractivity contribution in [1.29, 1.82) is 0 Å². The number of hydrogen-bond donors (Lipinski definition) is 3. The molecule has 1 atom stereocenters. The van der Waals surface area contributed by atoms with Gasteiger partial charge in [0.2, 0.25) is 0 Å². The fraction of sp³-hybridized carbons (Fsp3) is 0.471. The minimum absolute atomic E-state index is 0.0615. The van der Waals surface area contributed by atoms with Crippen LogP contribution in [0.2, 0.25) is 0 Å². The number of rotatable bonds is 7. The lowest BCUT2D eigenvalue weighted by Crippen LogP contribution is -2.46. The molecule has 0 aliphatic carbocycles. The smallest absolute Gasteiger partial charge is 0.407 e. The van der Waals surface area contributed by atoms with Crippen molar-refractivity contribution in [2.24, 2.45) is 0 Å². The Labute approximate surface area is 146 Å². The first-order valence-electron chi connectivity index (χ1n) is 7.81. The molecule has 0 bridgehead atoms. The van der Waals surface area contributed by atoms with Crippen LogP contribution in [0, 0.1) is 0 Å². The average molecular weight is 352 g/mol. The second-order valence-electron chi connectivity index (χ2n) is 6.38. The van der Waals surface area contributed by atoms with Crippen molar-refractivity contribution in [3.63, 3.8) is 0 Å². The number of amides is 2. The van der Waals surface area contributed by atoms with E-state index in [-0.39, 0.29) is 19.6 Å². The predicted octanol–water partition coefficient (Wildman–Crippen LogP) is 2.28. The largest absolute Gasteiger partial charge is 0.481 e. The Morgan fingerprint density at radius 3 is 2.32 bits per heavy atom. The molecule has 0 aliphatic heterocycles. The summed E-state index contributed by atoms with van der Waals surface area (Å²) in [5.74, 6) is -1.11. The third-order valence-electron chi connectivity index (χ3n) is 2.85. The molecule has 0 saturated carbocycles. The van der Waals surface area contributed by atoms with E-state index in [1.54, 1.807) is 32.9 Å². The van der Waals surface area contributed by atoms with Gasteiger partial charge in [0.05, 0.1) is 12.5 Å². The highest BCUT2D eigenvalue weighted by atomic mass is 16.6. The molecule has 8 nitrogen and oxygen atoms in total. The average Bonchev–Trinajstić information content (AvgIpc) is 2.49. The molecule has 0 spiro atoms. The van der Waals surface area contributed by atoms with E-state index >= 15 is 0 Å². The monoisotopic (exact) mass is 352 g/mol. The molecule has 0 unspecified atom stereocenters. The lowest BCUT2D eigenvalue weighted by Gasteiger charge is -2.22. The van der Waals surface area contributed by atoms with Crippen LogP contribution in [0.3, 0.4) is 0 Å². The van der Waals surface area contributed by atoms with Crippen LogP contribution in [0.15, 0.2) is 30.3 Å². The Morgan fingerprint density at radius 1 is 1.12 bits per heavy atom. The van der Waals surface area contributed by atoms with Gasteiger partial charge in [-0.3, -0.25) is 4.79 Å². The van der Waals surface area contributed by atoms with Crippen LogP contribution < -0.4 is 10.6 Å². The number of aliphatic carboxylic acids is 1. The molecule has 2 amide bonds. The van der Waals surface area contributed by atoms with E-state index in [9.17, 15) is 14.4 Å². The maximum absolute atomic E-state index is 11.8. The Hall–Kier alpha value is -2.77. The summed E-state index contributed by atoms with van der Waals surface area (Å²) < 4.78 is 10.1. The number of alkyl carbamates (subject to hydrolysis) is 2. The van der Waals surface area contributed by atoms with Crippen molar-refractivity contribution in [3.05, 3.63) is 35.9 Å². The summed E-state index contributed by atoms with van der Waals surface area (Å²) in [5.41, 5.74) is 0.133. The molecule has 0 aliphatic rings. The molecular formula is C17H24N2O6. The number of carboxylic acid groups (broad SMARTS) is 1. The fourth-order valence-electron chi connectivity index (χ4n) is 1.84. The van der Waals surface area contributed by atoms with E-state index in [0.717, 1.165) is 5.56 Å². The molecule has 0 radical (unpaired) electrons. The molecule has 0 aromatic heterocycles. The van der Waals surface area contributed by atoms with E-state index < -0.39 is 29.8 Å². The summed E-state index contributed by atoms with van der Waals surface area (Å²) >= 11 is 0. The minimum atomic E-state index is -1.11. The second kappa shape index (κ2) is 9.51. The van der Waals surface area contributed by atoms with Gasteiger partial charge in [0.15, 0.2) is 0 Å². The van der Waals surface area contributed by atoms with Crippen LogP contribution in [0.25, 0.3) is 0 Å². The van der Waals surface area contributed by atoms with E-state index in [0.29, 0.717) is 0 Å². The van der Waals surface area contributed by atoms with E-state index in [2.05, 4.69) is 10.6 Å². The van der Waals surface area contributed by atoms with Crippen molar-refractivity contribution in [2.75, 3.05) is 6.54 Å². The summed E-state index contributed by atoms with van der Waals surface area (Å²) in [5, 5.41) is 13.8. The molecule has 3 N–H and O–H groups in total. The summed E-state index contributed by atoms with van der Waals surface area (Å²) in [7, 11) is 0. The topological polar surface area (TPSA) is 114 Å². The van der Waals surface area contributed by atoms with E-state index in [1.165, 1.54) is 0 Å². The number of ether oxygens (including phenoxy) is 2. The van der Waals surface area contributed by atoms with Crippen LogP contribution in [0.4, 0.5) is 9.59 Å². The third kappa shape index (κ3) is 9.85. The first kappa shape index (κ1) is 20.3. The quantitative estimate of drug-likeness (QED) is 0.694. The number of nitrogens with one attached hydrogen (secondary N) is 2. The van der Waals surface area contributed by atoms with Gasteiger partial charge in [-0.2, -0.15) is 0 Å². The highest BCUT2D eigenvalue weighted by Gasteiger charge is 2.20. The summed E-state index contributed by atoms with van der Waals surface area (Å²) in [6.45, 7) is 5.09. The summed E-state index contributed by atoms with van der Waals surface area (Å²) in [6.07, 6.45) is -1.82. The van der Waals surface area contributed by atoms with Gasteiger partial charge in [-0.1, -0.05) is 30.3 Å². The maximum Gasteiger partial charge on any atom is 0.407 e. The Bertz CT molecular complexity index is 583. The van der Waals surface area contributed by atoms with Crippen LogP contribution in [-0.4, -0.2) is 41.4 Å². The molecule has 25 heavy (non-hydrogen) atoms. The van der Waals surface area contributed by atoms with Gasteiger partial charge in [0, 0.05) is 6.54 Å². The first-order chi connectivity index (χ1) is 11.7. The fourth-order valence-corrected chi connectivity index (χ4v) is 1.84. The van der Waals surface area contributed by atoms with Crippen molar-refractivity contribution >= 4 is 18.2 Å². The highest BCUT2D eigenvalue weighted by Crippen LogP contribution is 2.06. The molecule has 1 aromatic carbocycles. The Kier molecular flexibility index (Phi) is 7.71. The van der Waals surface area contributed by atoms with Crippen LogP contribution in [0.1, 0.15) is 32.8 Å². The lowest BCUT2D eigenvalue weighted by atomic mass is 10.2. The van der Waals surface area contributed by atoms with Crippen molar-refractivity contribution in [2.45, 2.75) is 45.4 Å². The van der Waals surface area contributed by atoms with Crippen molar-refractivity contribution in [3.8, 4) is 0 Å². The second-order valence-corrected chi connectivity index (χ2v) is 6.38. The molecule has 8 heteroatoms. The van der Waals surface area contributed by atoms with Gasteiger partial charge >= 0.3 is 18.2 Å². The van der Waals surface area contributed by atoms with Crippen LogP contribution in [-0.2, 0) is 20.9 Å². The highest BCUT2D eigenvalue weighted by molar-refractivity contribution is 5.72. The normalized spacial score (nSPS) is 12.0. The maximum atomic E-state index is 11.8. The number of carboxylic acids is 1. The summed E-state index contributed by atoms with van der Waals surface area (Å²) in [4.78, 5) is 34.3. The Balaban J connectivity index is 2.47. The Morgan fingerprint density at radius 2 is 1.76 bits per heavy atom. The zero-order chi connectivity index (χ0) is 18.9. The molecule has 0 heterocycles. The van der Waals surface area contributed by atoms with Gasteiger partial charge < -0.3 is 25.2 Å². The predicted molar refractivity (Wildman–Crippen MR) is 90.0 cm³/mol. The van der Waals surface area contributed by atoms with Gasteiger partial charge in [0.1, 0.15) is 12.2 Å². The lowest BCUT2D eigenvalue weighted by molar-refractivity contribution is -0.137. The van der Waals surface area contributed by atoms with Gasteiger partial charge in [-0.25, -0.2) is 9.59 Å². The first-order valence-corrected chi connectivity index (χ1v) is 7.81. The number of carbonyl (C=O) groups is 3. The zero-order valence-electron chi connectivity index (χ0n) is 14.6. The van der Waals surface area contributed by atoms with E-state index in [4.69, 9.17) is 14.6 Å². The number of benzene rings is 1. The third-order valence-corrected chi connectivity index (χ3v) is 2.85. The summed E-state index contributed by atoms with van der Waals surface area (Å²) in [6, 6.07) is 8.24. The SMILES string of the molecule is CC(C)(C)OC(=O)NC[C@@H](CC(=O)O)NC(=O)OCc1ccccc1. The molecular weight excluding hydrogens is 328 g/mol. The van der Waals surface area contributed by atoms with E-state index in [1.807, 2.05) is 18.2 Å². The minimum Gasteiger partial charge on any atom is -0.481 e. The molecule has 1 aromatic rings. The van der Waals surface area contributed by atoms with Crippen LogP contribution >= 0.6 is 0 Å². The standard InChI is InChI=1S/C17H24N2O6/c1-17(2,3)25-15(22)18-10-13(9-14(20)21)19-16(23)24-11-12-7-5-4-6-8-12/h4-8,13H,9-11H2,1-3H3,(H,18,22)(H,19,23)(H,20,21)/t13-/m1/s1. The number of hydrogen-bond acceptors (Lipinski definition) is 5. The van der Waals surface area contributed by atoms with Gasteiger partial charge in [-0.15, -0.1) is 0 Å². The molecule has 0 fully saturated rings. The number of carbonyl (C=O) groups excluding carboxylic acids is 2. The molecule has 1 rings (SSSR count). The van der Waals surface area contributed by atoms with Crippen LogP contribution in [0.5, 0.6) is 0 Å². The van der Waals surface area contributed by atoms with Gasteiger partial charge in [-0.05, 0) is 26.3 Å². The van der Waals surface area contributed by atoms with Crippen molar-refractivity contribution in [1.82, 2.24) is 10.6 Å². The molecule has 0 saturated heterocycles. The zero-order valence-corrected chi connectivity index (χ0v) is 14.6. The van der Waals surface area contributed by atoms with Crippen molar-refractivity contribution < 1.29 is 29.0 Å². The van der Waals surface area contributed by atoms with Gasteiger partial charge in [0.25, 0.3) is 0 Å². The molecule has 138 valence electrons.